The van der Waals surface area contributed by atoms with Crippen LogP contribution < -0.4 is 15.0 Å². The molecule has 0 saturated heterocycles. The summed E-state index contributed by atoms with van der Waals surface area (Å²) in [5.74, 6) is 0.673. The van der Waals surface area contributed by atoms with E-state index < -0.39 is 10.8 Å². The number of hydroxylamine groups is 1. The zero-order chi connectivity index (χ0) is 19.8. The van der Waals surface area contributed by atoms with Gasteiger partial charge in [-0.25, -0.2) is 5.48 Å². The van der Waals surface area contributed by atoms with Gasteiger partial charge in [0, 0.05) is 23.8 Å². The number of hydrogen-bond donors (Lipinski definition) is 1. The van der Waals surface area contributed by atoms with E-state index in [-0.39, 0.29) is 17.3 Å². The predicted octanol–water partition coefficient (Wildman–Crippen LogP) is 3.53. The number of methoxy groups -OCH3 is 2. The van der Waals surface area contributed by atoms with Crippen LogP contribution in [0.3, 0.4) is 0 Å². The fraction of sp³-hybridized carbons (Fsp3) is 0.167. The number of nitro benzene ring substituents is 1. The van der Waals surface area contributed by atoms with Crippen LogP contribution in [0.2, 0.25) is 5.02 Å². The highest BCUT2D eigenvalue weighted by Crippen LogP contribution is 2.26. The van der Waals surface area contributed by atoms with Gasteiger partial charge in [0.15, 0.2) is 0 Å². The van der Waals surface area contributed by atoms with Crippen LogP contribution in [0.15, 0.2) is 42.5 Å². The summed E-state index contributed by atoms with van der Waals surface area (Å²) in [5, 5.41) is 10.9. The highest BCUT2D eigenvalue weighted by molar-refractivity contribution is 6.32. The van der Waals surface area contributed by atoms with Crippen LogP contribution in [0.5, 0.6) is 11.5 Å². The summed E-state index contributed by atoms with van der Waals surface area (Å²) < 4.78 is 10.3. The summed E-state index contributed by atoms with van der Waals surface area (Å²) in [6.45, 7) is 0.0825. The lowest BCUT2D eigenvalue weighted by atomic mass is 10.2. The van der Waals surface area contributed by atoms with Gasteiger partial charge in [-0.3, -0.25) is 19.7 Å². The van der Waals surface area contributed by atoms with E-state index in [1.54, 1.807) is 31.4 Å². The number of nitrogens with one attached hydrogen (secondary N) is 1. The zero-order valence-electron chi connectivity index (χ0n) is 14.6. The number of carbonyl (C=O) groups is 1. The Bertz CT molecular complexity index is 869. The lowest BCUT2D eigenvalue weighted by Gasteiger charge is -2.10. The van der Waals surface area contributed by atoms with Crippen molar-refractivity contribution >= 4 is 29.3 Å². The van der Waals surface area contributed by atoms with Crippen LogP contribution in [0.4, 0.5) is 5.69 Å². The van der Waals surface area contributed by atoms with E-state index in [0.29, 0.717) is 17.1 Å². The minimum Gasteiger partial charge on any atom is -0.497 e. The Hall–Kier alpha value is -3.10. The molecule has 1 N–H and O–H groups in total. The Morgan fingerprint density at radius 1 is 1.22 bits per heavy atom. The molecule has 27 heavy (non-hydrogen) atoms. The molecule has 0 saturated carbocycles. The van der Waals surface area contributed by atoms with Crippen molar-refractivity contribution in [3.8, 4) is 11.5 Å². The van der Waals surface area contributed by atoms with Crippen molar-refractivity contribution in [1.82, 2.24) is 5.48 Å². The van der Waals surface area contributed by atoms with Crippen molar-refractivity contribution < 1.29 is 24.0 Å². The summed E-state index contributed by atoms with van der Waals surface area (Å²) in [4.78, 5) is 27.2. The molecule has 2 rings (SSSR count). The van der Waals surface area contributed by atoms with Gasteiger partial charge in [0.1, 0.15) is 23.1 Å². The Labute approximate surface area is 160 Å². The minimum atomic E-state index is -0.592. The maximum atomic E-state index is 11.8. The molecular weight excluding hydrogens is 376 g/mol. The summed E-state index contributed by atoms with van der Waals surface area (Å²) >= 11 is 5.74. The number of rotatable bonds is 8. The smallest absolute Gasteiger partial charge is 0.288 e. The largest absolute Gasteiger partial charge is 0.497 e. The van der Waals surface area contributed by atoms with E-state index >= 15 is 0 Å². The molecule has 1 amide bonds. The van der Waals surface area contributed by atoms with Crippen LogP contribution in [0.1, 0.15) is 11.1 Å². The standard InChI is InChI=1S/C18H17ClN2O6/c1-25-14-6-5-13(17(10-14)26-2)11-27-20-18(22)8-4-12-3-7-15(19)16(9-12)21(23)24/h3-10H,11H2,1-2H3,(H,20,22)/b8-4+. The molecule has 2 aromatic rings. The lowest BCUT2D eigenvalue weighted by Crippen LogP contribution is -2.21. The molecule has 0 aromatic heterocycles. The molecule has 9 heteroatoms. The Morgan fingerprint density at radius 2 is 2.00 bits per heavy atom. The van der Waals surface area contributed by atoms with Crippen LogP contribution >= 0.6 is 11.6 Å². The number of nitro groups is 1. The van der Waals surface area contributed by atoms with E-state index in [1.165, 1.54) is 31.4 Å². The summed E-state index contributed by atoms with van der Waals surface area (Å²) in [7, 11) is 3.07. The summed E-state index contributed by atoms with van der Waals surface area (Å²) in [5.41, 5.74) is 3.20. The lowest BCUT2D eigenvalue weighted by molar-refractivity contribution is -0.384. The number of nitrogens with zero attached hydrogens (tertiary/aromatic N) is 1. The Balaban J connectivity index is 1.92. The minimum absolute atomic E-state index is 0.0263. The van der Waals surface area contributed by atoms with E-state index in [9.17, 15) is 14.9 Å². The number of amides is 1. The maximum absolute atomic E-state index is 11.8. The van der Waals surface area contributed by atoms with Crippen molar-refractivity contribution in [1.29, 1.82) is 0 Å². The van der Waals surface area contributed by atoms with Crippen molar-refractivity contribution in [3.05, 3.63) is 68.7 Å². The van der Waals surface area contributed by atoms with Crippen LogP contribution in [-0.2, 0) is 16.2 Å². The SMILES string of the molecule is COc1ccc(CONC(=O)/C=C/c2ccc(Cl)c([N+](=O)[O-])c2)c(OC)c1. The molecule has 142 valence electrons. The third-order valence-corrected chi connectivity index (χ3v) is 3.81. The highest BCUT2D eigenvalue weighted by atomic mass is 35.5. The number of hydrogen-bond acceptors (Lipinski definition) is 6. The quantitative estimate of drug-likeness (QED) is 0.419. The molecule has 0 bridgehead atoms. The van der Waals surface area contributed by atoms with Crippen LogP contribution in [0.25, 0.3) is 6.08 Å². The van der Waals surface area contributed by atoms with E-state index in [2.05, 4.69) is 5.48 Å². The fourth-order valence-electron chi connectivity index (χ4n) is 2.14. The first kappa shape index (κ1) is 20.2. The second kappa shape index (κ2) is 9.56. The normalized spacial score (nSPS) is 10.6. The van der Waals surface area contributed by atoms with E-state index in [0.717, 1.165) is 5.56 Å². The highest BCUT2D eigenvalue weighted by Gasteiger charge is 2.11. The molecule has 0 fully saturated rings. The van der Waals surface area contributed by atoms with Crippen LogP contribution in [0, 0.1) is 10.1 Å². The Kier molecular flexibility index (Phi) is 7.16. The van der Waals surface area contributed by atoms with Gasteiger partial charge in [0.2, 0.25) is 0 Å². The van der Waals surface area contributed by atoms with Crippen molar-refractivity contribution in [3.63, 3.8) is 0 Å². The average Bonchev–Trinajstić information content (AvgIpc) is 2.67. The van der Waals surface area contributed by atoms with E-state index in [4.69, 9.17) is 25.9 Å². The van der Waals surface area contributed by atoms with Gasteiger partial charge >= 0.3 is 0 Å². The molecule has 0 atom stereocenters. The number of ether oxygens (including phenoxy) is 2. The number of benzene rings is 2. The van der Waals surface area contributed by atoms with Crippen molar-refractivity contribution in [2.24, 2.45) is 0 Å². The molecule has 0 spiro atoms. The van der Waals surface area contributed by atoms with Gasteiger partial charge in [-0.2, -0.15) is 0 Å². The molecule has 0 radical (unpaired) electrons. The van der Waals surface area contributed by atoms with Crippen molar-refractivity contribution in [2.75, 3.05) is 14.2 Å². The molecule has 0 heterocycles. The first-order valence-electron chi connectivity index (χ1n) is 7.69. The second-order valence-electron chi connectivity index (χ2n) is 5.23. The summed E-state index contributed by atoms with van der Waals surface area (Å²) in [6, 6.07) is 9.43. The molecule has 0 aliphatic heterocycles. The number of carbonyl (C=O) groups excluding carboxylic acids is 1. The van der Waals surface area contributed by atoms with Crippen molar-refractivity contribution in [2.45, 2.75) is 6.61 Å². The molecule has 0 aliphatic carbocycles. The molecule has 0 unspecified atom stereocenters. The monoisotopic (exact) mass is 392 g/mol. The average molecular weight is 393 g/mol. The molecular formula is C18H17ClN2O6. The van der Waals surface area contributed by atoms with Gasteiger partial charge in [-0.05, 0) is 29.8 Å². The van der Waals surface area contributed by atoms with Crippen LogP contribution in [-0.4, -0.2) is 25.1 Å². The summed E-state index contributed by atoms with van der Waals surface area (Å²) in [6.07, 6.45) is 2.61. The second-order valence-corrected chi connectivity index (χ2v) is 5.64. The van der Waals surface area contributed by atoms with Gasteiger partial charge in [-0.15, -0.1) is 0 Å². The topological polar surface area (TPSA) is 99.9 Å². The third-order valence-electron chi connectivity index (χ3n) is 3.49. The van der Waals surface area contributed by atoms with Gasteiger partial charge in [-0.1, -0.05) is 17.7 Å². The molecule has 8 nitrogen and oxygen atoms in total. The maximum Gasteiger partial charge on any atom is 0.288 e. The number of halogens is 1. The van der Waals surface area contributed by atoms with Gasteiger partial charge in [0.25, 0.3) is 11.6 Å². The van der Waals surface area contributed by atoms with Gasteiger partial charge in [0.05, 0.1) is 19.1 Å². The Morgan fingerprint density at radius 3 is 2.67 bits per heavy atom. The molecule has 0 aliphatic rings. The third kappa shape index (κ3) is 5.70. The van der Waals surface area contributed by atoms with E-state index in [1.807, 2.05) is 0 Å². The fourth-order valence-corrected chi connectivity index (χ4v) is 2.32. The van der Waals surface area contributed by atoms with Gasteiger partial charge < -0.3 is 9.47 Å². The zero-order valence-corrected chi connectivity index (χ0v) is 15.4. The first-order valence-corrected chi connectivity index (χ1v) is 8.07. The molecule has 2 aromatic carbocycles. The first-order chi connectivity index (χ1) is 12.9. The predicted molar refractivity (Wildman–Crippen MR) is 99.6 cm³/mol.